The van der Waals surface area contributed by atoms with E-state index >= 15 is 0 Å². The molecule has 2 aromatic carbocycles. The lowest BCUT2D eigenvalue weighted by Gasteiger charge is -1.95. The van der Waals surface area contributed by atoms with Gasteiger partial charge in [0.25, 0.3) is 11.4 Å². The Balaban J connectivity index is 2.35. The van der Waals surface area contributed by atoms with Gasteiger partial charge < -0.3 is 4.42 Å². The van der Waals surface area contributed by atoms with Crippen LogP contribution in [0.4, 0.5) is 11.4 Å². The fourth-order valence-corrected chi connectivity index (χ4v) is 2.52. The van der Waals surface area contributed by atoms with Crippen LogP contribution in [0.3, 0.4) is 0 Å². The molecule has 20 heavy (non-hydrogen) atoms. The minimum Gasteiger partial charge on any atom is -0.456 e. The second-order valence-electron chi connectivity index (χ2n) is 4.10. The summed E-state index contributed by atoms with van der Waals surface area (Å²) in [6.45, 7) is 0. The molecule has 0 atom stereocenters. The number of non-ortho nitro benzene ring substituents is 1. The summed E-state index contributed by atoms with van der Waals surface area (Å²) in [6.07, 6.45) is 0. The highest BCUT2D eigenvalue weighted by Crippen LogP contribution is 2.37. The number of fused-ring (bicyclic) bond motifs is 3. The Morgan fingerprint density at radius 1 is 0.950 bits per heavy atom. The van der Waals surface area contributed by atoms with E-state index in [2.05, 4.69) is 15.9 Å². The molecule has 0 bridgehead atoms. The number of nitrogens with zero attached hydrogens (tertiary/aromatic N) is 2. The third kappa shape index (κ3) is 1.81. The number of furan rings is 1. The molecule has 3 rings (SSSR count). The normalized spacial score (nSPS) is 11.1. The first-order chi connectivity index (χ1) is 9.47. The van der Waals surface area contributed by atoms with Crippen molar-refractivity contribution >= 4 is 49.2 Å². The molecule has 0 saturated heterocycles. The number of benzene rings is 2. The minimum atomic E-state index is -0.529. The first-order valence-corrected chi connectivity index (χ1v) is 6.21. The van der Waals surface area contributed by atoms with Crippen LogP contribution in [0.1, 0.15) is 0 Å². The van der Waals surface area contributed by atoms with Gasteiger partial charge in [-0.25, -0.2) is 0 Å². The maximum Gasteiger partial charge on any atom is 0.287 e. The highest BCUT2D eigenvalue weighted by Gasteiger charge is 2.18. The molecular weight excluding hydrogens is 332 g/mol. The maximum atomic E-state index is 10.9. The Morgan fingerprint density at radius 3 is 2.30 bits per heavy atom. The Bertz CT molecular complexity index is 886. The van der Waals surface area contributed by atoms with Crippen LogP contribution in [0, 0.1) is 20.2 Å². The number of nitro groups is 2. The van der Waals surface area contributed by atoms with Crippen LogP contribution in [0.25, 0.3) is 21.9 Å². The number of nitro benzene ring substituents is 2. The van der Waals surface area contributed by atoms with Crippen molar-refractivity contribution in [2.24, 2.45) is 0 Å². The average Bonchev–Trinajstić information content (AvgIpc) is 2.74. The lowest BCUT2D eigenvalue weighted by atomic mass is 10.1. The van der Waals surface area contributed by atoms with Crippen molar-refractivity contribution in [3.8, 4) is 0 Å². The lowest BCUT2D eigenvalue weighted by molar-refractivity contribution is -0.385. The molecule has 1 aromatic heterocycles. The zero-order chi connectivity index (χ0) is 14.4. The molecule has 0 aliphatic heterocycles. The molecule has 1 heterocycles. The predicted molar refractivity (Wildman–Crippen MR) is 74.7 cm³/mol. The zero-order valence-electron chi connectivity index (χ0n) is 9.70. The van der Waals surface area contributed by atoms with Gasteiger partial charge in [0, 0.05) is 16.8 Å². The van der Waals surface area contributed by atoms with Gasteiger partial charge in [0.2, 0.25) is 0 Å². The summed E-state index contributed by atoms with van der Waals surface area (Å²) in [4.78, 5) is 20.5. The van der Waals surface area contributed by atoms with Crippen molar-refractivity contribution in [2.75, 3.05) is 0 Å². The maximum absolute atomic E-state index is 10.9. The van der Waals surface area contributed by atoms with Gasteiger partial charge in [0.1, 0.15) is 11.2 Å². The second-order valence-corrected chi connectivity index (χ2v) is 4.95. The summed E-state index contributed by atoms with van der Waals surface area (Å²) in [5.41, 5.74) is 0.424. The summed E-state index contributed by atoms with van der Waals surface area (Å²) in [7, 11) is 0. The van der Waals surface area contributed by atoms with Crippen LogP contribution in [-0.4, -0.2) is 9.85 Å². The van der Waals surface area contributed by atoms with E-state index in [9.17, 15) is 20.2 Å². The van der Waals surface area contributed by atoms with Crippen LogP contribution < -0.4 is 0 Å². The Morgan fingerprint density at radius 2 is 1.65 bits per heavy atom. The predicted octanol–water partition coefficient (Wildman–Crippen LogP) is 4.16. The van der Waals surface area contributed by atoms with Gasteiger partial charge in [-0.15, -0.1) is 0 Å². The van der Waals surface area contributed by atoms with Gasteiger partial charge in [-0.3, -0.25) is 20.2 Å². The van der Waals surface area contributed by atoms with Crippen molar-refractivity contribution in [1.29, 1.82) is 0 Å². The molecule has 7 nitrogen and oxygen atoms in total. The highest BCUT2D eigenvalue weighted by molar-refractivity contribution is 9.10. The van der Waals surface area contributed by atoms with Crippen LogP contribution in [-0.2, 0) is 0 Å². The first kappa shape index (κ1) is 12.5. The molecule has 0 radical (unpaired) electrons. The van der Waals surface area contributed by atoms with Gasteiger partial charge in [-0.2, -0.15) is 0 Å². The Labute approximate surface area is 119 Å². The van der Waals surface area contributed by atoms with Gasteiger partial charge in [0.05, 0.1) is 26.5 Å². The fraction of sp³-hybridized carbons (Fsp3) is 0. The monoisotopic (exact) mass is 336 g/mol. The zero-order valence-corrected chi connectivity index (χ0v) is 11.3. The third-order valence-corrected chi connectivity index (χ3v) is 3.57. The van der Waals surface area contributed by atoms with E-state index in [1.54, 1.807) is 12.1 Å². The standard InChI is InChI=1S/C12H5BrN2O5/c13-9-4-8-7-2-1-6(14(16)17)3-11(7)20-12(8)5-10(9)15(18)19/h1-5H. The van der Waals surface area contributed by atoms with Crippen molar-refractivity contribution in [2.45, 2.75) is 0 Å². The molecule has 0 amide bonds. The quantitative estimate of drug-likeness (QED) is 0.516. The number of rotatable bonds is 2. The van der Waals surface area contributed by atoms with E-state index in [1.807, 2.05) is 0 Å². The molecule has 3 aromatic rings. The molecule has 0 N–H and O–H groups in total. The molecule has 0 fully saturated rings. The summed E-state index contributed by atoms with van der Waals surface area (Å²) in [5, 5.41) is 22.9. The topological polar surface area (TPSA) is 99.4 Å². The summed E-state index contributed by atoms with van der Waals surface area (Å²) in [5.74, 6) is 0. The van der Waals surface area contributed by atoms with Gasteiger partial charge in [-0.05, 0) is 28.1 Å². The number of hydrogen-bond acceptors (Lipinski definition) is 5. The SMILES string of the molecule is O=[N+]([O-])c1ccc2c(c1)oc1cc([N+](=O)[O-])c(Br)cc12. The smallest absolute Gasteiger partial charge is 0.287 e. The van der Waals surface area contributed by atoms with Gasteiger partial charge in [-0.1, -0.05) is 0 Å². The van der Waals surface area contributed by atoms with Crippen molar-refractivity contribution in [3.05, 3.63) is 55.0 Å². The molecule has 0 aliphatic rings. The molecule has 0 saturated carbocycles. The van der Waals surface area contributed by atoms with Gasteiger partial charge >= 0.3 is 0 Å². The van der Waals surface area contributed by atoms with E-state index in [0.29, 0.717) is 26.4 Å². The van der Waals surface area contributed by atoms with Gasteiger partial charge in [0.15, 0.2) is 0 Å². The van der Waals surface area contributed by atoms with E-state index in [4.69, 9.17) is 4.42 Å². The fourth-order valence-electron chi connectivity index (χ4n) is 2.03. The minimum absolute atomic E-state index is 0.0925. The molecule has 0 aliphatic carbocycles. The summed E-state index contributed by atoms with van der Waals surface area (Å²) < 4.78 is 5.79. The van der Waals surface area contributed by atoms with Crippen LogP contribution in [0.2, 0.25) is 0 Å². The summed E-state index contributed by atoms with van der Waals surface area (Å²) >= 11 is 3.13. The van der Waals surface area contributed by atoms with E-state index in [1.165, 1.54) is 18.2 Å². The molecular formula is C12H5BrN2O5. The van der Waals surface area contributed by atoms with Crippen LogP contribution in [0.5, 0.6) is 0 Å². The van der Waals surface area contributed by atoms with Crippen molar-refractivity contribution in [1.82, 2.24) is 0 Å². The third-order valence-electron chi connectivity index (χ3n) is 2.93. The van der Waals surface area contributed by atoms with Crippen molar-refractivity contribution < 1.29 is 14.3 Å². The van der Waals surface area contributed by atoms with E-state index < -0.39 is 9.85 Å². The first-order valence-electron chi connectivity index (χ1n) is 5.42. The largest absolute Gasteiger partial charge is 0.456 e. The van der Waals surface area contributed by atoms with E-state index in [0.717, 1.165) is 0 Å². The van der Waals surface area contributed by atoms with E-state index in [-0.39, 0.29) is 11.4 Å². The molecule has 100 valence electrons. The number of hydrogen-bond donors (Lipinski definition) is 0. The number of halogens is 1. The molecule has 8 heteroatoms. The van der Waals surface area contributed by atoms with Crippen LogP contribution in [0.15, 0.2) is 39.2 Å². The molecule has 0 spiro atoms. The Kier molecular flexibility index (Phi) is 2.68. The summed E-state index contributed by atoms with van der Waals surface area (Å²) in [6, 6.07) is 7.11. The lowest BCUT2D eigenvalue weighted by Crippen LogP contribution is -1.88. The van der Waals surface area contributed by atoms with Crippen LogP contribution >= 0.6 is 15.9 Å². The molecule has 0 unspecified atom stereocenters. The van der Waals surface area contributed by atoms with Crippen molar-refractivity contribution in [3.63, 3.8) is 0 Å². The Hall–Kier alpha value is -2.48. The average molecular weight is 337 g/mol. The second kappa shape index (κ2) is 4.27. The highest BCUT2D eigenvalue weighted by atomic mass is 79.9.